The van der Waals surface area contributed by atoms with Gasteiger partial charge in [-0.05, 0) is 46.5 Å². The number of β-amino-alcohol motifs (C(OH)–C–C–N with tert-alkyl or cyclic N) is 1. The lowest BCUT2D eigenvalue weighted by Gasteiger charge is -2.41. The average Bonchev–Trinajstić information content (AvgIpc) is 2.60. The van der Waals surface area contributed by atoms with Crippen LogP contribution in [-0.2, 0) is 23.8 Å². The van der Waals surface area contributed by atoms with Crippen LogP contribution in [-0.4, -0.2) is 78.1 Å². The van der Waals surface area contributed by atoms with Gasteiger partial charge >= 0.3 is 12.1 Å². The Morgan fingerprint density at radius 1 is 1.17 bits per heavy atom. The van der Waals surface area contributed by atoms with Gasteiger partial charge in [-0.1, -0.05) is 0 Å². The number of amides is 2. The van der Waals surface area contributed by atoms with Crippen molar-refractivity contribution in [3.63, 3.8) is 0 Å². The van der Waals surface area contributed by atoms with Gasteiger partial charge in [0.1, 0.15) is 5.60 Å². The van der Waals surface area contributed by atoms with Crippen molar-refractivity contribution < 1.29 is 33.7 Å². The van der Waals surface area contributed by atoms with Crippen LogP contribution in [0, 0.1) is 0 Å². The van der Waals surface area contributed by atoms with Gasteiger partial charge in [0, 0.05) is 13.2 Å². The van der Waals surface area contributed by atoms with Crippen molar-refractivity contribution in [2.24, 2.45) is 0 Å². The number of rotatable bonds is 5. The third kappa shape index (κ3) is 7.15. The maximum Gasteiger partial charge on any atom is 0.410 e. The van der Waals surface area contributed by atoms with Crippen molar-refractivity contribution in [3.8, 4) is 0 Å². The molecule has 2 rings (SSSR count). The summed E-state index contributed by atoms with van der Waals surface area (Å²) >= 11 is 0. The minimum atomic E-state index is -1.35. The second-order valence-electron chi connectivity index (χ2n) is 9.14. The van der Waals surface area contributed by atoms with Gasteiger partial charge in [0.15, 0.2) is 0 Å². The molecule has 166 valence electrons. The number of nitrogens with one attached hydrogen (secondary N) is 1. The minimum Gasteiger partial charge on any atom is -0.469 e. The van der Waals surface area contributed by atoms with E-state index in [1.54, 1.807) is 20.8 Å². The first-order valence-electron chi connectivity index (χ1n) is 10.1. The highest BCUT2D eigenvalue weighted by atomic mass is 16.6. The molecule has 2 atom stereocenters. The Labute approximate surface area is 172 Å². The lowest BCUT2D eigenvalue weighted by molar-refractivity contribution is -0.145. The van der Waals surface area contributed by atoms with Gasteiger partial charge in [-0.25, -0.2) is 4.79 Å². The summed E-state index contributed by atoms with van der Waals surface area (Å²) < 4.78 is 15.6. The van der Waals surface area contributed by atoms with Crippen molar-refractivity contribution in [3.05, 3.63) is 0 Å². The average molecular weight is 414 g/mol. The van der Waals surface area contributed by atoms with Gasteiger partial charge in [0.25, 0.3) is 0 Å². The number of carbonyl (C=O) groups is 3. The number of carbonyl (C=O) groups excluding carboxylic acids is 3. The lowest BCUT2D eigenvalue weighted by atomic mass is 9.86. The fraction of sp³-hybridized carbons (Fsp3) is 0.850. The monoisotopic (exact) mass is 414 g/mol. The molecule has 2 aliphatic heterocycles. The zero-order valence-electron chi connectivity index (χ0n) is 17.9. The third-order valence-electron chi connectivity index (χ3n) is 5.13. The molecule has 0 aliphatic carbocycles. The highest BCUT2D eigenvalue weighted by Crippen LogP contribution is 2.28. The first-order chi connectivity index (χ1) is 13.5. The summed E-state index contributed by atoms with van der Waals surface area (Å²) in [7, 11) is 1.30. The Morgan fingerprint density at radius 3 is 2.48 bits per heavy atom. The van der Waals surface area contributed by atoms with Crippen molar-refractivity contribution in [1.82, 2.24) is 10.2 Å². The highest BCUT2D eigenvalue weighted by molar-refractivity contribution is 5.80. The summed E-state index contributed by atoms with van der Waals surface area (Å²) in [6.07, 6.45) is 1.62. The number of ether oxygens (including phenoxy) is 3. The first kappa shape index (κ1) is 23.4. The molecule has 2 unspecified atom stereocenters. The standard InChI is InChI=1S/C20H34N2O7/c1-18(2,3)29-17(25)22-9-5-8-20(26,13-22)11-15(23)21-19(12-16(24)27-4)7-6-10-28-14-19/h26H,5-14H2,1-4H3,(H,21,23). The molecule has 0 aromatic carbocycles. The van der Waals surface area contributed by atoms with Gasteiger partial charge in [-0.15, -0.1) is 0 Å². The summed E-state index contributed by atoms with van der Waals surface area (Å²) in [6.45, 7) is 6.63. The molecular weight excluding hydrogens is 380 g/mol. The van der Waals surface area contributed by atoms with Gasteiger partial charge in [0.2, 0.25) is 5.91 Å². The highest BCUT2D eigenvalue weighted by Gasteiger charge is 2.42. The zero-order valence-corrected chi connectivity index (χ0v) is 17.9. The largest absolute Gasteiger partial charge is 0.469 e. The molecule has 2 amide bonds. The molecule has 0 spiro atoms. The number of esters is 1. The number of piperidine rings is 1. The summed E-state index contributed by atoms with van der Waals surface area (Å²) in [5, 5.41) is 13.9. The Hall–Kier alpha value is -1.87. The van der Waals surface area contributed by atoms with E-state index < -0.39 is 28.8 Å². The normalized spacial score (nSPS) is 27.8. The molecule has 9 heteroatoms. The number of methoxy groups -OCH3 is 1. The Balaban J connectivity index is 2.00. The van der Waals surface area contributed by atoms with Crippen LogP contribution < -0.4 is 5.32 Å². The van der Waals surface area contributed by atoms with Gasteiger partial charge in [-0.3, -0.25) is 9.59 Å². The molecule has 0 aromatic rings. The summed E-state index contributed by atoms with van der Waals surface area (Å²) in [5.74, 6) is -0.809. The van der Waals surface area contributed by atoms with Crippen molar-refractivity contribution in [1.29, 1.82) is 0 Å². The predicted molar refractivity (Wildman–Crippen MR) is 104 cm³/mol. The molecule has 2 heterocycles. The maximum absolute atomic E-state index is 12.8. The van der Waals surface area contributed by atoms with Crippen LogP contribution in [0.5, 0.6) is 0 Å². The molecular formula is C20H34N2O7. The van der Waals surface area contributed by atoms with Gasteiger partial charge in [-0.2, -0.15) is 0 Å². The van der Waals surface area contributed by atoms with Crippen LogP contribution in [0.25, 0.3) is 0 Å². The summed E-state index contributed by atoms with van der Waals surface area (Å²) in [5.41, 5.74) is -2.81. The second kappa shape index (κ2) is 9.30. The van der Waals surface area contributed by atoms with Crippen molar-refractivity contribution in [2.45, 2.75) is 76.0 Å². The molecule has 2 aliphatic rings. The van der Waals surface area contributed by atoms with Crippen LogP contribution in [0.3, 0.4) is 0 Å². The van der Waals surface area contributed by atoms with Gasteiger partial charge in [0.05, 0.1) is 44.2 Å². The topological polar surface area (TPSA) is 114 Å². The van der Waals surface area contributed by atoms with E-state index in [4.69, 9.17) is 14.2 Å². The van der Waals surface area contributed by atoms with Crippen LogP contribution in [0.4, 0.5) is 4.79 Å². The molecule has 0 aromatic heterocycles. The van der Waals surface area contributed by atoms with E-state index in [0.717, 1.165) is 0 Å². The number of aliphatic hydroxyl groups is 1. The van der Waals surface area contributed by atoms with E-state index in [0.29, 0.717) is 38.8 Å². The predicted octanol–water partition coefficient (Wildman–Crippen LogP) is 1.37. The second-order valence-corrected chi connectivity index (χ2v) is 9.14. The molecule has 0 radical (unpaired) electrons. The van der Waals surface area contributed by atoms with E-state index in [1.807, 2.05) is 0 Å². The fourth-order valence-electron chi connectivity index (χ4n) is 3.86. The minimum absolute atomic E-state index is 0.0116. The summed E-state index contributed by atoms with van der Waals surface area (Å²) in [4.78, 5) is 38.3. The Bertz CT molecular complexity index is 610. The van der Waals surface area contributed by atoms with E-state index in [-0.39, 0.29) is 31.9 Å². The number of likely N-dealkylation sites (tertiary alicyclic amines) is 1. The number of nitrogens with zero attached hydrogens (tertiary/aromatic N) is 1. The molecule has 0 saturated carbocycles. The van der Waals surface area contributed by atoms with E-state index >= 15 is 0 Å². The Morgan fingerprint density at radius 2 is 1.90 bits per heavy atom. The molecule has 9 nitrogen and oxygen atoms in total. The van der Waals surface area contributed by atoms with Crippen molar-refractivity contribution in [2.75, 3.05) is 33.4 Å². The van der Waals surface area contributed by atoms with Crippen LogP contribution in [0.1, 0.15) is 59.3 Å². The van der Waals surface area contributed by atoms with Gasteiger partial charge < -0.3 is 29.5 Å². The Kier molecular flexibility index (Phi) is 7.50. The number of hydrogen-bond acceptors (Lipinski definition) is 7. The zero-order chi connectivity index (χ0) is 21.7. The quantitative estimate of drug-likeness (QED) is 0.653. The smallest absolute Gasteiger partial charge is 0.410 e. The molecule has 0 bridgehead atoms. The third-order valence-corrected chi connectivity index (χ3v) is 5.13. The molecule has 2 saturated heterocycles. The fourth-order valence-corrected chi connectivity index (χ4v) is 3.86. The van der Waals surface area contributed by atoms with E-state index in [1.165, 1.54) is 12.0 Å². The SMILES string of the molecule is COC(=O)CC1(NC(=O)CC2(O)CCCN(C(=O)OC(C)(C)C)C2)CCCOC1. The van der Waals surface area contributed by atoms with Crippen molar-refractivity contribution >= 4 is 18.0 Å². The van der Waals surface area contributed by atoms with Crippen LogP contribution >= 0.6 is 0 Å². The van der Waals surface area contributed by atoms with E-state index in [2.05, 4.69) is 5.32 Å². The first-order valence-corrected chi connectivity index (χ1v) is 10.1. The van der Waals surface area contributed by atoms with Crippen LogP contribution in [0.15, 0.2) is 0 Å². The molecule has 29 heavy (non-hydrogen) atoms. The number of hydrogen-bond donors (Lipinski definition) is 2. The molecule has 2 N–H and O–H groups in total. The maximum atomic E-state index is 12.8. The summed E-state index contributed by atoms with van der Waals surface area (Å²) in [6, 6.07) is 0. The van der Waals surface area contributed by atoms with E-state index in [9.17, 15) is 19.5 Å². The lowest BCUT2D eigenvalue weighted by Crippen LogP contribution is -2.58. The van der Waals surface area contributed by atoms with Crippen LogP contribution in [0.2, 0.25) is 0 Å². The molecule has 2 fully saturated rings.